The fourth-order valence-corrected chi connectivity index (χ4v) is 3.78. The van der Waals surface area contributed by atoms with Crippen molar-refractivity contribution in [3.05, 3.63) is 63.6 Å². The van der Waals surface area contributed by atoms with Gasteiger partial charge in [0.25, 0.3) is 0 Å². The Balaban J connectivity index is 2.39. The first-order valence-corrected chi connectivity index (χ1v) is 9.13. The lowest BCUT2D eigenvalue weighted by Gasteiger charge is -2.21. The summed E-state index contributed by atoms with van der Waals surface area (Å²) in [7, 11) is -3.95. The molecule has 0 aliphatic rings. The van der Waals surface area contributed by atoms with Crippen LogP contribution in [-0.2, 0) is 21.4 Å². The van der Waals surface area contributed by atoms with Crippen molar-refractivity contribution in [2.45, 2.75) is 11.4 Å². The zero-order chi connectivity index (χ0) is 17.0. The average molecular weight is 419 g/mol. The normalized spacial score (nSPS) is 11.6. The number of carbonyl (C=O) groups is 1. The van der Waals surface area contributed by atoms with Gasteiger partial charge in [0.15, 0.2) is 0 Å². The van der Waals surface area contributed by atoms with E-state index >= 15 is 0 Å². The van der Waals surface area contributed by atoms with Gasteiger partial charge < -0.3 is 5.11 Å². The maximum absolute atomic E-state index is 12.7. The van der Waals surface area contributed by atoms with Crippen molar-refractivity contribution in [1.29, 1.82) is 0 Å². The number of sulfonamides is 1. The van der Waals surface area contributed by atoms with E-state index in [1.54, 1.807) is 36.4 Å². The first kappa shape index (κ1) is 17.9. The van der Waals surface area contributed by atoms with Gasteiger partial charge in [-0.05, 0) is 35.9 Å². The maximum Gasteiger partial charge on any atom is 0.318 e. The number of carboxylic acids is 1. The van der Waals surface area contributed by atoms with Crippen molar-refractivity contribution in [3.8, 4) is 0 Å². The van der Waals surface area contributed by atoms with E-state index in [1.807, 2.05) is 0 Å². The SMILES string of the molecule is O=C(O)CN(Cc1ccccc1Cl)S(=O)(=O)c1ccc(Br)cc1. The lowest BCUT2D eigenvalue weighted by Crippen LogP contribution is -2.35. The molecular weight excluding hydrogens is 406 g/mol. The highest BCUT2D eigenvalue weighted by molar-refractivity contribution is 9.10. The van der Waals surface area contributed by atoms with Crippen molar-refractivity contribution in [2.24, 2.45) is 0 Å². The lowest BCUT2D eigenvalue weighted by atomic mass is 10.2. The molecule has 0 heterocycles. The smallest absolute Gasteiger partial charge is 0.318 e. The third kappa shape index (κ3) is 4.54. The number of aliphatic carboxylic acids is 1. The minimum atomic E-state index is -3.95. The Hall–Kier alpha value is -1.41. The molecule has 0 atom stereocenters. The van der Waals surface area contributed by atoms with Gasteiger partial charge in [0.1, 0.15) is 6.54 Å². The molecule has 2 rings (SSSR count). The predicted molar refractivity (Wildman–Crippen MR) is 90.8 cm³/mol. The fourth-order valence-electron chi connectivity index (χ4n) is 1.95. The van der Waals surface area contributed by atoms with Crippen LogP contribution in [0.15, 0.2) is 57.9 Å². The molecule has 2 aromatic carbocycles. The molecule has 0 aromatic heterocycles. The van der Waals surface area contributed by atoms with Crippen LogP contribution in [0.1, 0.15) is 5.56 Å². The molecule has 0 saturated heterocycles. The van der Waals surface area contributed by atoms with Gasteiger partial charge in [-0.2, -0.15) is 4.31 Å². The molecule has 0 aliphatic carbocycles. The molecule has 8 heteroatoms. The minimum Gasteiger partial charge on any atom is -0.480 e. The van der Waals surface area contributed by atoms with Crippen LogP contribution >= 0.6 is 27.5 Å². The predicted octanol–water partition coefficient (Wildman–Crippen LogP) is 3.38. The van der Waals surface area contributed by atoms with Gasteiger partial charge >= 0.3 is 5.97 Å². The number of carboxylic acid groups (broad SMARTS) is 1. The first-order valence-electron chi connectivity index (χ1n) is 6.51. The molecule has 1 N–H and O–H groups in total. The monoisotopic (exact) mass is 417 g/mol. The van der Waals surface area contributed by atoms with Crippen molar-refractivity contribution in [3.63, 3.8) is 0 Å². The first-order chi connectivity index (χ1) is 10.8. The molecule has 5 nitrogen and oxygen atoms in total. The standard InChI is InChI=1S/C15H13BrClNO4S/c16-12-5-7-13(8-6-12)23(21,22)18(10-15(19)20)9-11-3-1-2-4-14(11)17/h1-8H,9-10H2,(H,19,20). The number of hydrogen-bond acceptors (Lipinski definition) is 3. The number of nitrogens with zero attached hydrogens (tertiary/aromatic N) is 1. The van der Waals surface area contributed by atoms with Gasteiger partial charge in [-0.3, -0.25) is 4.79 Å². The average Bonchev–Trinajstić information content (AvgIpc) is 2.48. The van der Waals surface area contributed by atoms with Gasteiger partial charge in [-0.1, -0.05) is 45.7 Å². The van der Waals surface area contributed by atoms with Crippen LogP contribution in [0.3, 0.4) is 0 Å². The summed E-state index contributed by atoms with van der Waals surface area (Å²) in [6, 6.07) is 12.7. The highest BCUT2D eigenvalue weighted by Crippen LogP contribution is 2.23. The van der Waals surface area contributed by atoms with E-state index in [0.717, 1.165) is 8.78 Å². The molecule has 0 spiro atoms. The molecule has 122 valence electrons. The fraction of sp³-hybridized carbons (Fsp3) is 0.133. The third-order valence-electron chi connectivity index (χ3n) is 3.07. The van der Waals surface area contributed by atoms with E-state index in [1.165, 1.54) is 12.1 Å². The minimum absolute atomic E-state index is 0.0222. The molecule has 0 radical (unpaired) electrons. The Kier molecular flexibility index (Phi) is 5.80. The van der Waals surface area contributed by atoms with Crippen LogP contribution in [0.25, 0.3) is 0 Å². The van der Waals surface area contributed by atoms with E-state index in [-0.39, 0.29) is 11.4 Å². The van der Waals surface area contributed by atoms with Crippen LogP contribution in [0.2, 0.25) is 5.02 Å². The zero-order valence-corrected chi connectivity index (χ0v) is 15.0. The molecule has 0 fully saturated rings. The summed E-state index contributed by atoms with van der Waals surface area (Å²) in [6.45, 7) is -0.770. The summed E-state index contributed by atoms with van der Waals surface area (Å²) < 4.78 is 27.0. The Morgan fingerprint density at radius 2 is 1.74 bits per heavy atom. The second-order valence-corrected chi connectivity index (χ2v) is 7.97. The van der Waals surface area contributed by atoms with Crippen molar-refractivity contribution in [1.82, 2.24) is 4.31 Å². The maximum atomic E-state index is 12.7. The number of hydrogen-bond donors (Lipinski definition) is 1. The van der Waals surface area contributed by atoms with E-state index in [2.05, 4.69) is 15.9 Å². The number of halogens is 2. The van der Waals surface area contributed by atoms with Crippen LogP contribution in [0.5, 0.6) is 0 Å². The van der Waals surface area contributed by atoms with Crippen molar-refractivity contribution < 1.29 is 18.3 Å². The molecule has 0 aliphatic heterocycles. The Morgan fingerprint density at radius 1 is 1.13 bits per heavy atom. The van der Waals surface area contributed by atoms with E-state index in [9.17, 15) is 13.2 Å². The number of benzene rings is 2. The molecule has 0 unspecified atom stereocenters. The highest BCUT2D eigenvalue weighted by Gasteiger charge is 2.27. The van der Waals surface area contributed by atoms with E-state index < -0.39 is 22.5 Å². The number of rotatable bonds is 6. The van der Waals surface area contributed by atoms with Crippen LogP contribution in [0.4, 0.5) is 0 Å². The van der Waals surface area contributed by atoms with Gasteiger partial charge in [-0.15, -0.1) is 0 Å². The van der Waals surface area contributed by atoms with Gasteiger partial charge in [0, 0.05) is 16.0 Å². The Bertz CT molecular complexity index is 808. The summed E-state index contributed by atoms with van der Waals surface area (Å²) in [5.74, 6) is -1.24. The van der Waals surface area contributed by atoms with Crippen molar-refractivity contribution in [2.75, 3.05) is 6.54 Å². The molecule has 0 amide bonds. The van der Waals surface area contributed by atoms with Crippen molar-refractivity contribution >= 4 is 43.5 Å². The van der Waals surface area contributed by atoms with Crippen LogP contribution in [0, 0.1) is 0 Å². The largest absolute Gasteiger partial charge is 0.480 e. The Morgan fingerprint density at radius 3 is 2.30 bits per heavy atom. The summed E-state index contributed by atoms with van der Waals surface area (Å²) in [5.41, 5.74) is 0.538. The topological polar surface area (TPSA) is 74.7 Å². The third-order valence-corrected chi connectivity index (χ3v) is 5.77. The molecular formula is C15H13BrClNO4S. The quantitative estimate of drug-likeness (QED) is 0.780. The molecule has 0 saturated carbocycles. The second kappa shape index (κ2) is 7.44. The van der Waals surface area contributed by atoms with Gasteiger partial charge in [0.05, 0.1) is 4.90 Å². The van der Waals surface area contributed by atoms with E-state index in [4.69, 9.17) is 16.7 Å². The van der Waals surface area contributed by atoms with Crippen LogP contribution in [-0.4, -0.2) is 30.3 Å². The zero-order valence-electron chi connectivity index (χ0n) is 11.8. The summed E-state index contributed by atoms with van der Waals surface area (Å²) in [5, 5.41) is 9.42. The molecule has 2 aromatic rings. The molecule has 23 heavy (non-hydrogen) atoms. The summed E-state index contributed by atoms with van der Waals surface area (Å²) >= 11 is 9.28. The summed E-state index contributed by atoms with van der Waals surface area (Å²) in [4.78, 5) is 11.1. The lowest BCUT2D eigenvalue weighted by molar-refractivity contribution is -0.137. The second-order valence-electron chi connectivity index (χ2n) is 4.71. The van der Waals surface area contributed by atoms with Gasteiger partial charge in [-0.25, -0.2) is 8.42 Å². The highest BCUT2D eigenvalue weighted by atomic mass is 79.9. The Labute approximate surface area is 147 Å². The van der Waals surface area contributed by atoms with E-state index in [0.29, 0.717) is 10.6 Å². The summed E-state index contributed by atoms with van der Waals surface area (Å²) in [6.07, 6.45) is 0. The van der Waals surface area contributed by atoms with Crippen LogP contribution < -0.4 is 0 Å². The van der Waals surface area contributed by atoms with Gasteiger partial charge in [0.2, 0.25) is 10.0 Å². The molecule has 0 bridgehead atoms.